The van der Waals surface area contributed by atoms with Gasteiger partial charge in [-0.15, -0.1) is 0 Å². The summed E-state index contributed by atoms with van der Waals surface area (Å²) in [4.78, 5) is 16.7. The van der Waals surface area contributed by atoms with E-state index < -0.39 is 0 Å². The van der Waals surface area contributed by atoms with Crippen molar-refractivity contribution < 1.29 is 9.53 Å². The highest BCUT2D eigenvalue weighted by molar-refractivity contribution is 9.10. The molecule has 1 heterocycles. The number of benzene rings is 4. The molecular weight excluding hydrogens is 512 g/mol. The van der Waals surface area contributed by atoms with Gasteiger partial charge in [0.15, 0.2) is 0 Å². The number of hydrogen-bond donors (Lipinski definition) is 0. The van der Waals surface area contributed by atoms with Crippen molar-refractivity contribution >= 4 is 33.8 Å². The average molecular weight is 535 g/mol. The highest BCUT2D eigenvalue weighted by Gasteiger charge is 2.18. The monoisotopic (exact) mass is 534 g/mol. The maximum atomic E-state index is 12.0. The molecule has 0 bridgehead atoms. The lowest BCUT2D eigenvalue weighted by molar-refractivity contribution is 0.0601. The summed E-state index contributed by atoms with van der Waals surface area (Å²) in [5, 5.41) is 0. The fraction of sp³-hybridized carbons (Fsp3) is 0.0323. The predicted octanol–water partition coefficient (Wildman–Crippen LogP) is 8.11. The number of carbonyl (C=O) groups excluding carboxylic acids is 1. The van der Waals surface area contributed by atoms with Crippen molar-refractivity contribution in [3.8, 4) is 28.2 Å². The summed E-state index contributed by atoms with van der Waals surface area (Å²) in [5.74, 6) is -0.384. The number of halogens is 1. The number of ether oxygens (including phenoxy) is 1. The Kier molecular flexibility index (Phi) is 6.92. The van der Waals surface area contributed by atoms with Crippen LogP contribution in [0.5, 0.6) is 0 Å². The van der Waals surface area contributed by atoms with E-state index in [1.54, 1.807) is 18.2 Å². The van der Waals surface area contributed by atoms with Crippen LogP contribution < -0.4 is 0 Å². The number of hydrogen-bond acceptors (Lipinski definition) is 3. The van der Waals surface area contributed by atoms with Gasteiger partial charge < -0.3 is 9.30 Å². The summed E-state index contributed by atoms with van der Waals surface area (Å²) in [6, 6.07) is 38.2. The van der Waals surface area contributed by atoms with Crippen LogP contribution in [0.15, 0.2) is 125 Å². The van der Waals surface area contributed by atoms with Gasteiger partial charge in [0.05, 0.1) is 29.7 Å². The number of aliphatic imine (C=N–C) groups is 1. The number of rotatable bonds is 6. The smallest absolute Gasteiger partial charge is 0.337 e. The van der Waals surface area contributed by atoms with E-state index in [0.29, 0.717) is 11.3 Å². The fourth-order valence-corrected chi connectivity index (χ4v) is 4.44. The van der Waals surface area contributed by atoms with Crippen molar-refractivity contribution in [3.05, 3.63) is 131 Å². The van der Waals surface area contributed by atoms with E-state index >= 15 is 0 Å². The lowest BCUT2D eigenvalue weighted by Gasteiger charge is -2.15. The number of aromatic nitrogens is 1. The molecule has 176 valence electrons. The first-order valence-electron chi connectivity index (χ1n) is 11.5. The lowest BCUT2D eigenvalue weighted by atomic mass is 10.1. The van der Waals surface area contributed by atoms with E-state index in [0.717, 1.165) is 38.2 Å². The summed E-state index contributed by atoms with van der Waals surface area (Å²) >= 11 is 3.56. The second-order valence-corrected chi connectivity index (χ2v) is 9.09. The minimum absolute atomic E-state index is 0.384. The molecule has 0 saturated carbocycles. The summed E-state index contributed by atoms with van der Waals surface area (Å²) in [6.07, 6.45) is 1.86. The van der Waals surface area contributed by atoms with E-state index in [-0.39, 0.29) is 5.97 Å². The van der Waals surface area contributed by atoms with Crippen molar-refractivity contribution in [2.45, 2.75) is 0 Å². The highest BCUT2D eigenvalue weighted by atomic mass is 79.9. The van der Waals surface area contributed by atoms with E-state index in [1.807, 2.05) is 60.8 Å². The van der Waals surface area contributed by atoms with Gasteiger partial charge in [0.2, 0.25) is 0 Å². The Bertz CT molecular complexity index is 1520. The molecule has 0 saturated heterocycles. The largest absolute Gasteiger partial charge is 0.465 e. The topological polar surface area (TPSA) is 43.6 Å². The second-order valence-electron chi connectivity index (χ2n) is 8.18. The molecular formula is C31H23BrN2O2. The van der Waals surface area contributed by atoms with E-state index in [9.17, 15) is 4.79 Å². The van der Waals surface area contributed by atoms with Gasteiger partial charge in [-0.05, 0) is 59.7 Å². The standard InChI is InChI=1S/C31H23BrN2O2/c1-36-31(35)24-13-8-14-27(19-24)33-21-25-20-29(22-9-4-2-5-10-22)34(28-17-15-26(32)16-18-28)30(25)23-11-6-3-7-12-23/h2-21H,1H3. The van der Waals surface area contributed by atoms with Crippen molar-refractivity contribution in [2.75, 3.05) is 7.11 Å². The molecule has 0 aliphatic heterocycles. The highest BCUT2D eigenvalue weighted by Crippen LogP contribution is 2.36. The molecule has 36 heavy (non-hydrogen) atoms. The van der Waals surface area contributed by atoms with Crippen LogP contribution in [0.1, 0.15) is 15.9 Å². The van der Waals surface area contributed by atoms with Gasteiger partial charge in [0.1, 0.15) is 0 Å². The molecule has 0 aliphatic carbocycles. The van der Waals surface area contributed by atoms with Crippen molar-refractivity contribution in [1.29, 1.82) is 0 Å². The molecule has 4 aromatic carbocycles. The van der Waals surface area contributed by atoms with Crippen molar-refractivity contribution in [1.82, 2.24) is 4.57 Å². The van der Waals surface area contributed by atoms with Gasteiger partial charge in [-0.3, -0.25) is 4.99 Å². The zero-order valence-electron chi connectivity index (χ0n) is 19.6. The Balaban J connectivity index is 1.72. The first kappa shape index (κ1) is 23.5. The lowest BCUT2D eigenvalue weighted by Crippen LogP contribution is -2.00. The minimum atomic E-state index is -0.384. The van der Waals surface area contributed by atoms with E-state index in [1.165, 1.54) is 7.11 Å². The zero-order chi connectivity index (χ0) is 24.9. The maximum Gasteiger partial charge on any atom is 0.337 e. The van der Waals surface area contributed by atoms with Gasteiger partial charge in [-0.25, -0.2) is 4.79 Å². The third-order valence-corrected chi connectivity index (χ3v) is 6.38. The zero-order valence-corrected chi connectivity index (χ0v) is 21.2. The average Bonchev–Trinajstić information content (AvgIpc) is 3.32. The van der Waals surface area contributed by atoms with Crippen molar-refractivity contribution in [2.24, 2.45) is 4.99 Å². The molecule has 0 aliphatic rings. The molecule has 0 atom stereocenters. The molecule has 0 spiro atoms. The Labute approximate surface area is 218 Å². The number of nitrogens with zero attached hydrogens (tertiary/aromatic N) is 2. The summed E-state index contributed by atoms with van der Waals surface area (Å²) in [6.45, 7) is 0. The fourth-order valence-electron chi connectivity index (χ4n) is 4.17. The SMILES string of the molecule is COC(=O)c1cccc(N=Cc2cc(-c3ccccc3)n(-c3ccc(Br)cc3)c2-c2ccccc2)c1. The van der Waals surface area contributed by atoms with Crippen LogP contribution >= 0.6 is 15.9 Å². The van der Waals surface area contributed by atoms with Gasteiger partial charge >= 0.3 is 5.97 Å². The Morgan fingerprint density at radius 3 is 2.14 bits per heavy atom. The Hall–Kier alpha value is -4.22. The van der Waals surface area contributed by atoms with Gasteiger partial charge in [-0.2, -0.15) is 0 Å². The predicted molar refractivity (Wildman–Crippen MR) is 149 cm³/mol. The van der Waals surface area contributed by atoms with Crippen LogP contribution in [0.25, 0.3) is 28.2 Å². The number of methoxy groups -OCH3 is 1. The van der Waals surface area contributed by atoms with E-state index in [4.69, 9.17) is 9.73 Å². The molecule has 5 heteroatoms. The quantitative estimate of drug-likeness (QED) is 0.163. The molecule has 5 aromatic rings. The summed E-state index contributed by atoms with van der Waals surface area (Å²) in [7, 11) is 1.38. The molecule has 0 radical (unpaired) electrons. The Morgan fingerprint density at radius 2 is 1.47 bits per heavy atom. The van der Waals surface area contributed by atoms with Crippen LogP contribution in [-0.2, 0) is 4.74 Å². The summed E-state index contributed by atoms with van der Waals surface area (Å²) in [5.41, 5.74) is 7.42. The first-order valence-corrected chi connectivity index (χ1v) is 12.3. The van der Waals surface area contributed by atoms with Crippen LogP contribution in [0.2, 0.25) is 0 Å². The molecule has 0 unspecified atom stereocenters. The third-order valence-electron chi connectivity index (χ3n) is 5.85. The van der Waals surface area contributed by atoms with Gasteiger partial charge in [0, 0.05) is 21.9 Å². The summed E-state index contributed by atoms with van der Waals surface area (Å²) < 4.78 is 8.15. The molecule has 4 nitrogen and oxygen atoms in total. The van der Waals surface area contributed by atoms with Crippen molar-refractivity contribution in [3.63, 3.8) is 0 Å². The van der Waals surface area contributed by atoms with Crippen LogP contribution in [0.3, 0.4) is 0 Å². The Morgan fingerprint density at radius 1 is 0.806 bits per heavy atom. The molecule has 1 aromatic heterocycles. The van der Waals surface area contributed by atoms with E-state index in [2.05, 4.69) is 63.0 Å². The van der Waals surface area contributed by atoms with Gasteiger partial charge in [-0.1, -0.05) is 82.7 Å². The third kappa shape index (κ3) is 4.92. The minimum Gasteiger partial charge on any atom is -0.465 e. The normalized spacial score (nSPS) is 11.1. The van der Waals surface area contributed by atoms with Crippen LogP contribution in [0, 0.1) is 0 Å². The number of carbonyl (C=O) groups is 1. The number of esters is 1. The second kappa shape index (κ2) is 10.6. The van der Waals surface area contributed by atoms with Gasteiger partial charge in [0.25, 0.3) is 0 Å². The molecule has 0 amide bonds. The maximum absolute atomic E-state index is 12.0. The first-order chi connectivity index (χ1) is 17.6. The van der Waals surface area contributed by atoms with Crippen LogP contribution in [0.4, 0.5) is 5.69 Å². The molecule has 5 rings (SSSR count). The van der Waals surface area contributed by atoms with Crippen LogP contribution in [-0.4, -0.2) is 23.9 Å². The molecule has 0 fully saturated rings. The molecule has 0 N–H and O–H groups in total.